The molecule has 0 aliphatic heterocycles. The molecule has 0 saturated carbocycles. The van der Waals surface area contributed by atoms with Crippen LogP contribution in [0.25, 0.3) is 0 Å². The zero-order valence-electron chi connectivity index (χ0n) is 7.64. The van der Waals surface area contributed by atoms with Crippen LogP contribution in [0.5, 0.6) is 5.75 Å². The number of aliphatic carboxylic acids is 1. The number of ether oxygens (including phenoxy) is 1. The van der Waals surface area contributed by atoms with Gasteiger partial charge in [-0.2, -0.15) is 0 Å². The molecule has 0 unspecified atom stereocenters. The topological polar surface area (TPSA) is 66.8 Å². The maximum Gasteiger partial charge on any atom is 0.341 e. The minimum absolute atomic E-state index is 0.106. The highest BCUT2D eigenvalue weighted by Gasteiger charge is 1.98. The van der Waals surface area contributed by atoms with Crippen molar-refractivity contribution in [2.45, 2.75) is 6.42 Å². The van der Waals surface area contributed by atoms with Crippen LogP contribution >= 0.6 is 0 Å². The van der Waals surface area contributed by atoms with E-state index in [1.165, 1.54) is 0 Å². The van der Waals surface area contributed by atoms with Gasteiger partial charge in [-0.05, 0) is 24.1 Å². The maximum atomic E-state index is 10.2. The lowest BCUT2D eigenvalue weighted by molar-refractivity contribution is -0.139. The Labute approximate surface area is 81.8 Å². The van der Waals surface area contributed by atoms with E-state index >= 15 is 0 Å². The van der Waals surface area contributed by atoms with Crippen LogP contribution in [0, 0.1) is 0 Å². The van der Waals surface area contributed by atoms with E-state index in [9.17, 15) is 4.79 Å². The van der Waals surface area contributed by atoms with Gasteiger partial charge in [0.1, 0.15) is 5.75 Å². The third-order valence-electron chi connectivity index (χ3n) is 1.69. The van der Waals surface area contributed by atoms with Gasteiger partial charge in [0.15, 0.2) is 6.61 Å². The molecular formula is C10H12O4. The lowest BCUT2D eigenvalue weighted by Gasteiger charge is -2.03. The number of hydrogen-bond donors (Lipinski definition) is 2. The number of aliphatic hydroxyl groups excluding tert-OH is 1. The molecule has 0 radical (unpaired) electrons. The van der Waals surface area contributed by atoms with E-state index in [0.717, 1.165) is 5.56 Å². The molecule has 0 fully saturated rings. The van der Waals surface area contributed by atoms with Crippen LogP contribution < -0.4 is 4.74 Å². The Morgan fingerprint density at radius 1 is 1.29 bits per heavy atom. The van der Waals surface area contributed by atoms with Gasteiger partial charge in [-0.3, -0.25) is 0 Å². The van der Waals surface area contributed by atoms with Crippen molar-refractivity contribution in [2.24, 2.45) is 0 Å². The van der Waals surface area contributed by atoms with Crippen LogP contribution in [0.15, 0.2) is 24.3 Å². The smallest absolute Gasteiger partial charge is 0.341 e. The number of carbonyl (C=O) groups is 1. The van der Waals surface area contributed by atoms with Gasteiger partial charge in [0.25, 0.3) is 0 Å². The third-order valence-corrected chi connectivity index (χ3v) is 1.69. The molecule has 0 spiro atoms. The molecule has 0 saturated heterocycles. The summed E-state index contributed by atoms with van der Waals surface area (Å²) in [4.78, 5) is 10.2. The van der Waals surface area contributed by atoms with Crippen molar-refractivity contribution < 1.29 is 19.7 Å². The summed E-state index contributed by atoms with van der Waals surface area (Å²) in [5, 5.41) is 17.0. The molecule has 0 aliphatic carbocycles. The summed E-state index contributed by atoms with van der Waals surface area (Å²) < 4.78 is 4.94. The van der Waals surface area contributed by atoms with Crippen LogP contribution in [0.3, 0.4) is 0 Å². The third kappa shape index (κ3) is 3.45. The minimum atomic E-state index is -0.996. The summed E-state index contributed by atoms with van der Waals surface area (Å²) in [6.07, 6.45) is 0.596. The van der Waals surface area contributed by atoms with Crippen molar-refractivity contribution >= 4 is 5.97 Å². The molecule has 2 N–H and O–H groups in total. The summed E-state index contributed by atoms with van der Waals surface area (Å²) >= 11 is 0. The molecule has 4 nitrogen and oxygen atoms in total. The highest BCUT2D eigenvalue weighted by Crippen LogP contribution is 2.12. The second kappa shape index (κ2) is 5.24. The summed E-state index contributed by atoms with van der Waals surface area (Å²) in [5.74, 6) is -0.474. The van der Waals surface area contributed by atoms with Gasteiger partial charge >= 0.3 is 5.97 Å². The molecule has 0 amide bonds. The van der Waals surface area contributed by atoms with Crippen molar-refractivity contribution in [2.75, 3.05) is 13.2 Å². The van der Waals surface area contributed by atoms with Gasteiger partial charge in [-0.15, -0.1) is 0 Å². The van der Waals surface area contributed by atoms with Gasteiger partial charge in [-0.25, -0.2) is 4.79 Å². The van der Waals surface area contributed by atoms with Gasteiger partial charge in [0, 0.05) is 6.61 Å². The average molecular weight is 196 g/mol. The molecule has 1 aromatic rings. The summed E-state index contributed by atoms with van der Waals surface area (Å²) in [5.41, 5.74) is 0.996. The molecule has 0 heterocycles. The molecule has 0 aliphatic rings. The second-order valence-electron chi connectivity index (χ2n) is 2.80. The molecule has 76 valence electrons. The van der Waals surface area contributed by atoms with Gasteiger partial charge < -0.3 is 14.9 Å². The van der Waals surface area contributed by atoms with Crippen molar-refractivity contribution in [3.63, 3.8) is 0 Å². The molecule has 1 aromatic carbocycles. The Bertz CT molecular complexity index is 291. The van der Waals surface area contributed by atoms with Crippen LogP contribution in [0.4, 0.5) is 0 Å². The van der Waals surface area contributed by atoms with E-state index in [-0.39, 0.29) is 13.2 Å². The number of carboxylic acids is 1. The van der Waals surface area contributed by atoms with E-state index in [1.807, 2.05) is 0 Å². The van der Waals surface area contributed by atoms with Crippen LogP contribution in [-0.2, 0) is 11.2 Å². The molecule has 4 heteroatoms. The molecule has 1 rings (SSSR count). The van der Waals surface area contributed by atoms with Crippen molar-refractivity contribution in [1.29, 1.82) is 0 Å². The van der Waals surface area contributed by atoms with Crippen molar-refractivity contribution in [3.05, 3.63) is 29.8 Å². The first-order valence-electron chi connectivity index (χ1n) is 4.27. The van der Waals surface area contributed by atoms with Gasteiger partial charge in [-0.1, -0.05) is 12.1 Å². The second-order valence-corrected chi connectivity index (χ2v) is 2.80. The van der Waals surface area contributed by atoms with E-state index < -0.39 is 5.97 Å². The fourth-order valence-corrected chi connectivity index (χ4v) is 1.03. The van der Waals surface area contributed by atoms with Crippen molar-refractivity contribution in [3.8, 4) is 5.75 Å². The number of aliphatic hydroxyl groups is 1. The van der Waals surface area contributed by atoms with E-state index in [4.69, 9.17) is 14.9 Å². The normalized spacial score (nSPS) is 9.79. The highest BCUT2D eigenvalue weighted by molar-refractivity contribution is 5.68. The average Bonchev–Trinajstić information content (AvgIpc) is 2.17. The van der Waals surface area contributed by atoms with Gasteiger partial charge in [0.2, 0.25) is 0 Å². The molecular weight excluding hydrogens is 184 g/mol. The standard InChI is InChI=1S/C10H12O4/c11-6-5-8-1-3-9(4-2-8)14-7-10(12)13/h1-4,11H,5-7H2,(H,12,13). The molecule has 14 heavy (non-hydrogen) atoms. The lowest BCUT2D eigenvalue weighted by atomic mass is 10.1. The molecule has 0 atom stereocenters. The number of carboxylic acid groups (broad SMARTS) is 1. The van der Waals surface area contributed by atoms with Crippen LogP contribution in [0.1, 0.15) is 5.56 Å². The fourth-order valence-electron chi connectivity index (χ4n) is 1.03. The monoisotopic (exact) mass is 196 g/mol. The first-order chi connectivity index (χ1) is 6.72. The Morgan fingerprint density at radius 3 is 2.43 bits per heavy atom. The predicted octanol–water partition coefficient (Wildman–Crippen LogP) is 0.685. The largest absolute Gasteiger partial charge is 0.482 e. The SMILES string of the molecule is O=C(O)COc1ccc(CCO)cc1. The quantitative estimate of drug-likeness (QED) is 0.726. The number of rotatable bonds is 5. The van der Waals surface area contributed by atoms with Gasteiger partial charge in [0.05, 0.1) is 0 Å². The van der Waals surface area contributed by atoms with Crippen molar-refractivity contribution in [1.82, 2.24) is 0 Å². The predicted molar refractivity (Wildman–Crippen MR) is 50.4 cm³/mol. The fraction of sp³-hybridized carbons (Fsp3) is 0.300. The highest BCUT2D eigenvalue weighted by atomic mass is 16.5. The zero-order chi connectivity index (χ0) is 10.4. The number of benzene rings is 1. The molecule has 0 bridgehead atoms. The van der Waals surface area contributed by atoms with E-state index in [2.05, 4.69) is 0 Å². The van der Waals surface area contributed by atoms with Crippen LogP contribution in [-0.4, -0.2) is 29.4 Å². The Kier molecular flexibility index (Phi) is 3.94. The lowest BCUT2D eigenvalue weighted by Crippen LogP contribution is -2.09. The molecule has 0 aromatic heterocycles. The summed E-state index contributed by atoms with van der Waals surface area (Å²) in [6, 6.07) is 6.97. The number of hydrogen-bond acceptors (Lipinski definition) is 3. The maximum absolute atomic E-state index is 10.2. The minimum Gasteiger partial charge on any atom is -0.482 e. The first-order valence-corrected chi connectivity index (χ1v) is 4.27. The Morgan fingerprint density at radius 2 is 1.93 bits per heavy atom. The Balaban J connectivity index is 2.50. The van der Waals surface area contributed by atoms with E-state index in [1.54, 1.807) is 24.3 Å². The van der Waals surface area contributed by atoms with E-state index in [0.29, 0.717) is 12.2 Å². The zero-order valence-corrected chi connectivity index (χ0v) is 7.64. The van der Waals surface area contributed by atoms with Crippen LogP contribution in [0.2, 0.25) is 0 Å². The Hall–Kier alpha value is -1.55. The summed E-state index contributed by atoms with van der Waals surface area (Å²) in [7, 11) is 0. The first kappa shape index (κ1) is 10.5. The summed E-state index contributed by atoms with van der Waals surface area (Å²) in [6.45, 7) is -0.228.